The first-order valence-electron chi connectivity index (χ1n) is 15.1. The summed E-state index contributed by atoms with van der Waals surface area (Å²) in [6.07, 6.45) is 1.89. The molecule has 1 spiro atoms. The van der Waals surface area contributed by atoms with Crippen LogP contribution in [0.2, 0.25) is 0 Å². The summed E-state index contributed by atoms with van der Waals surface area (Å²) in [6.45, 7) is 9.91. The molecule has 1 fully saturated rings. The van der Waals surface area contributed by atoms with Gasteiger partial charge in [-0.25, -0.2) is 0 Å². The minimum Gasteiger partial charge on any atom is -0.381 e. The zero-order valence-corrected chi connectivity index (χ0v) is 26.2. The molecule has 3 heterocycles. The first-order valence-corrected chi connectivity index (χ1v) is 16.3. The van der Waals surface area contributed by atoms with Crippen molar-refractivity contribution in [1.82, 2.24) is 31.6 Å². The maximum Gasteiger partial charge on any atom is 0.246 e. The number of aromatic nitrogens is 1. The van der Waals surface area contributed by atoms with Crippen molar-refractivity contribution in [2.45, 2.75) is 89.7 Å². The zero-order valence-electron chi connectivity index (χ0n) is 25.4. The van der Waals surface area contributed by atoms with Crippen LogP contribution in [0.3, 0.4) is 0 Å². The summed E-state index contributed by atoms with van der Waals surface area (Å²) in [7, 11) is 0. The number of hydrogen-bond acceptors (Lipinski definition) is 8. The molecule has 11 nitrogen and oxygen atoms in total. The fourth-order valence-electron chi connectivity index (χ4n) is 5.07. The minimum atomic E-state index is -1.18. The normalized spacial score (nSPS) is 24.4. The topological polar surface area (TPSA) is 151 Å². The highest BCUT2D eigenvalue weighted by Crippen LogP contribution is 2.22. The number of ether oxygens (including phenoxy) is 1. The van der Waals surface area contributed by atoms with Gasteiger partial charge >= 0.3 is 0 Å². The number of hydrogen-bond donors (Lipinski definition) is 5. The molecule has 1 aromatic heterocycles. The summed E-state index contributed by atoms with van der Waals surface area (Å²) in [4.78, 5) is 58.3. The smallest absolute Gasteiger partial charge is 0.246 e. The number of thioether (sulfide) groups is 1. The van der Waals surface area contributed by atoms with Crippen molar-refractivity contribution in [2.24, 2.45) is 11.8 Å². The molecular formula is C30H48N6O5S. The Labute approximate surface area is 253 Å². The molecule has 0 unspecified atom stereocenters. The van der Waals surface area contributed by atoms with E-state index in [0.717, 1.165) is 11.4 Å². The molecule has 2 bridgehead atoms. The van der Waals surface area contributed by atoms with Gasteiger partial charge in [0.1, 0.15) is 17.6 Å². The summed E-state index contributed by atoms with van der Waals surface area (Å²) >= 11 is 1.67. The van der Waals surface area contributed by atoms with E-state index in [-0.39, 0.29) is 30.1 Å². The lowest BCUT2D eigenvalue weighted by atomic mass is 9.87. The Hall–Kier alpha value is -2.70. The molecule has 0 radical (unpaired) electrons. The van der Waals surface area contributed by atoms with Crippen LogP contribution >= 0.6 is 11.8 Å². The molecule has 3 atom stereocenters. The molecule has 2 aliphatic heterocycles. The lowest BCUT2D eigenvalue weighted by molar-refractivity contribution is -0.140. The Morgan fingerprint density at radius 1 is 1.02 bits per heavy atom. The Balaban J connectivity index is 1.84. The number of rotatable bonds is 4. The fourth-order valence-corrected chi connectivity index (χ4v) is 5.83. The van der Waals surface area contributed by atoms with E-state index in [0.29, 0.717) is 70.0 Å². The monoisotopic (exact) mass is 604 g/mol. The molecule has 3 rings (SSSR count). The van der Waals surface area contributed by atoms with Crippen LogP contribution in [-0.4, -0.2) is 78.3 Å². The third-order valence-corrected chi connectivity index (χ3v) is 8.77. The Kier molecular flexibility index (Phi) is 13.5. The van der Waals surface area contributed by atoms with Gasteiger partial charge in [0.25, 0.3) is 0 Å². The van der Waals surface area contributed by atoms with Gasteiger partial charge in [-0.2, -0.15) is 11.8 Å². The van der Waals surface area contributed by atoms with Gasteiger partial charge in [-0.1, -0.05) is 40.2 Å². The summed E-state index contributed by atoms with van der Waals surface area (Å²) in [6, 6.07) is 4.29. The molecule has 1 saturated heterocycles. The second-order valence-electron chi connectivity index (χ2n) is 11.7. The van der Waals surface area contributed by atoms with Gasteiger partial charge in [-0.05, 0) is 30.4 Å². The third-order valence-electron chi connectivity index (χ3n) is 7.78. The molecular weight excluding hydrogens is 556 g/mol. The van der Waals surface area contributed by atoms with Crippen LogP contribution in [0.25, 0.3) is 0 Å². The second-order valence-corrected chi connectivity index (χ2v) is 12.8. The van der Waals surface area contributed by atoms with E-state index in [1.807, 2.05) is 45.9 Å². The highest BCUT2D eigenvalue weighted by atomic mass is 32.2. The van der Waals surface area contributed by atoms with Crippen molar-refractivity contribution in [2.75, 3.05) is 32.1 Å². The van der Waals surface area contributed by atoms with E-state index in [9.17, 15) is 19.2 Å². The Bertz CT molecular complexity index is 1060. The van der Waals surface area contributed by atoms with E-state index in [1.54, 1.807) is 11.8 Å². The van der Waals surface area contributed by atoms with Crippen LogP contribution in [0, 0.1) is 11.8 Å². The van der Waals surface area contributed by atoms with Crippen molar-refractivity contribution < 1.29 is 23.9 Å². The molecule has 1 aromatic rings. The van der Waals surface area contributed by atoms with Gasteiger partial charge in [-0.15, -0.1) is 0 Å². The Morgan fingerprint density at radius 3 is 2.48 bits per heavy atom. The molecule has 0 aromatic carbocycles. The predicted octanol–water partition coefficient (Wildman–Crippen LogP) is 1.65. The van der Waals surface area contributed by atoms with E-state index in [2.05, 4.69) is 26.6 Å². The molecule has 5 N–H and O–H groups in total. The van der Waals surface area contributed by atoms with E-state index >= 15 is 0 Å². The molecule has 12 heteroatoms. The van der Waals surface area contributed by atoms with Gasteiger partial charge in [0, 0.05) is 63.6 Å². The molecule has 2 aliphatic rings. The fraction of sp³-hybridized carbons (Fsp3) is 0.700. The highest BCUT2D eigenvalue weighted by molar-refractivity contribution is 7.98. The molecule has 234 valence electrons. The minimum absolute atomic E-state index is 0.105. The maximum absolute atomic E-state index is 13.8. The van der Waals surface area contributed by atoms with Crippen molar-refractivity contribution in [3.63, 3.8) is 0 Å². The largest absolute Gasteiger partial charge is 0.381 e. The first-order chi connectivity index (χ1) is 20.1. The van der Waals surface area contributed by atoms with Crippen molar-refractivity contribution in [3.8, 4) is 0 Å². The molecule has 0 saturated carbocycles. The van der Waals surface area contributed by atoms with Crippen LogP contribution in [0.1, 0.15) is 71.2 Å². The summed E-state index contributed by atoms with van der Waals surface area (Å²) in [5.41, 5.74) is 0.648. The number of amides is 4. The third kappa shape index (κ3) is 10.2. The summed E-state index contributed by atoms with van der Waals surface area (Å²) in [5, 5.41) is 15.1. The standard InChI is InChI=1S/C30H48N6O5S/c1-5-21(4)26-28(39)32-13-16-42-19-23-8-6-7-22(33-23)18-31-12-9-25(37)36-30(10-14-41-15-11-30)29(40)34-24(17-20(2)3)27(38)35-26/h6-8,20-21,24,26,31H,5,9-19H2,1-4H3,(H,32,39)(H,34,40)(H,35,38)(H,36,37)/t21-,24-,26-/m0/s1. The van der Waals surface area contributed by atoms with Crippen molar-refractivity contribution >= 4 is 35.4 Å². The van der Waals surface area contributed by atoms with Crippen molar-refractivity contribution in [3.05, 3.63) is 29.6 Å². The number of fused-ring (bicyclic) bond motifs is 2. The molecule has 0 aliphatic carbocycles. The Morgan fingerprint density at radius 2 is 1.76 bits per heavy atom. The lowest BCUT2D eigenvalue weighted by Gasteiger charge is -2.38. The van der Waals surface area contributed by atoms with E-state index in [4.69, 9.17) is 9.72 Å². The van der Waals surface area contributed by atoms with Gasteiger partial charge in [0.15, 0.2) is 0 Å². The molecule has 42 heavy (non-hydrogen) atoms. The van der Waals surface area contributed by atoms with Gasteiger partial charge in [-0.3, -0.25) is 24.2 Å². The highest BCUT2D eigenvalue weighted by Gasteiger charge is 2.43. The number of carbonyl (C=O) groups is 4. The zero-order chi connectivity index (χ0) is 30.5. The van der Waals surface area contributed by atoms with Crippen LogP contribution in [0.5, 0.6) is 0 Å². The number of nitrogens with one attached hydrogen (secondary N) is 5. The second kappa shape index (κ2) is 16.8. The average molecular weight is 605 g/mol. The SMILES string of the molecule is CC[C@H](C)[C@@H]1NC(=O)[C@H](CC(C)C)NC(=O)C2(CCOCC2)NC(=O)CCNCc2cccc(n2)CSCCNC1=O. The predicted molar refractivity (Wildman–Crippen MR) is 163 cm³/mol. The van der Waals surface area contributed by atoms with Crippen LogP contribution in [0.15, 0.2) is 18.2 Å². The summed E-state index contributed by atoms with van der Waals surface area (Å²) < 4.78 is 5.51. The maximum atomic E-state index is 13.8. The average Bonchev–Trinajstić information content (AvgIpc) is 2.97. The molecule has 4 amide bonds. The number of pyridine rings is 1. The summed E-state index contributed by atoms with van der Waals surface area (Å²) in [5.74, 6) is 0.101. The van der Waals surface area contributed by atoms with Crippen LogP contribution < -0.4 is 26.6 Å². The quantitative estimate of drug-likeness (QED) is 0.348. The lowest BCUT2D eigenvalue weighted by Crippen LogP contribution is -2.64. The van der Waals surface area contributed by atoms with Crippen LogP contribution in [-0.2, 0) is 36.2 Å². The number of nitrogens with zero attached hydrogens (tertiary/aromatic N) is 1. The van der Waals surface area contributed by atoms with Gasteiger partial charge in [0.2, 0.25) is 23.6 Å². The first kappa shape index (κ1) is 33.8. The van der Waals surface area contributed by atoms with E-state index < -0.39 is 29.4 Å². The van der Waals surface area contributed by atoms with Gasteiger partial charge < -0.3 is 31.3 Å². The number of carbonyl (C=O) groups excluding carboxylic acids is 4. The van der Waals surface area contributed by atoms with Crippen molar-refractivity contribution in [1.29, 1.82) is 0 Å². The van der Waals surface area contributed by atoms with Gasteiger partial charge in [0.05, 0.1) is 11.4 Å². The van der Waals surface area contributed by atoms with Crippen LogP contribution in [0.4, 0.5) is 0 Å². The van der Waals surface area contributed by atoms with E-state index in [1.165, 1.54) is 0 Å².